The summed E-state index contributed by atoms with van der Waals surface area (Å²) in [5.41, 5.74) is -0.217. The molecule has 0 radical (unpaired) electrons. The van der Waals surface area contributed by atoms with Crippen LogP contribution in [0.25, 0.3) is 0 Å². The van der Waals surface area contributed by atoms with Crippen LogP contribution in [0.1, 0.15) is 18.4 Å². The van der Waals surface area contributed by atoms with Crippen LogP contribution in [0.4, 0.5) is 4.39 Å². The highest BCUT2D eigenvalue weighted by atomic mass is 32.2. The molecule has 0 spiro atoms. The molecule has 0 aliphatic heterocycles. The molecule has 1 aliphatic rings. The van der Waals surface area contributed by atoms with Crippen LogP contribution in [0.15, 0.2) is 17.0 Å². The lowest BCUT2D eigenvalue weighted by Gasteiger charge is -2.11. The van der Waals surface area contributed by atoms with E-state index in [9.17, 15) is 14.6 Å². The van der Waals surface area contributed by atoms with Gasteiger partial charge in [-0.1, -0.05) is 6.07 Å². The lowest BCUT2D eigenvalue weighted by Crippen LogP contribution is -2.12. The maximum absolute atomic E-state index is 13.8. The van der Waals surface area contributed by atoms with Crippen molar-refractivity contribution in [3.63, 3.8) is 0 Å². The summed E-state index contributed by atoms with van der Waals surface area (Å²) in [5.74, 6) is -0.436. The van der Waals surface area contributed by atoms with Crippen molar-refractivity contribution in [2.24, 2.45) is 0 Å². The maximum Gasteiger partial charge on any atom is 0.143 e. The van der Waals surface area contributed by atoms with Crippen LogP contribution in [0, 0.1) is 5.82 Å². The van der Waals surface area contributed by atoms with E-state index in [0.29, 0.717) is 12.0 Å². The highest BCUT2D eigenvalue weighted by molar-refractivity contribution is 7.98. The molecule has 2 nitrogen and oxygen atoms in total. The fraction of sp³-hybridized carbons (Fsp3) is 0.455. The van der Waals surface area contributed by atoms with Gasteiger partial charge in [0.05, 0.1) is 10.5 Å². The number of hydrogen-bond donors (Lipinski definition) is 2. The molecule has 0 heterocycles. The van der Waals surface area contributed by atoms with Crippen molar-refractivity contribution < 1.29 is 14.6 Å². The maximum atomic E-state index is 13.8. The number of aromatic hydroxyl groups is 1. The summed E-state index contributed by atoms with van der Waals surface area (Å²) < 4.78 is 13.8. The van der Waals surface area contributed by atoms with Crippen molar-refractivity contribution in [1.82, 2.24) is 0 Å². The molecule has 0 unspecified atom stereocenters. The predicted octanol–water partition coefficient (Wildman–Crippen LogP) is 2.32. The van der Waals surface area contributed by atoms with Crippen LogP contribution >= 0.6 is 11.8 Å². The van der Waals surface area contributed by atoms with Crippen molar-refractivity contribution in [2.45, 2.75) is 29.8 Å². The SMILES string of the molecule is CSc1c(O)ccc(CC2(O)CC2)c1F. The zero-order valence-electron chi connectivity index (χ0n) is 8.46. The lowest BCUT2D eigenvalue weighted by molar-refractivity contribution is 0.149. The molecule has 1 aliphatic carbocycles. The van der Waals surface area contributed by atoms with Gasteiger partial charge in [0.15, 0.2) is 0 Å². The van der Waals surface area contributed by atoms with E-state index in [1.165, 1.54) is 17.8 Å². The fourth-order valence-corrected chi connectivity index (χ4v) is 2.18. The zero-order valence-corrected chi connectivity index (χ0v) is 9.27. The Morgan fingerprint density at radius 2 is 2.13 bits per heavy atom. The van der Waals surface area contributed by atoms with E-state index < -0.39 is 11.4 Å². The molecule has 2 rings (SSSR count). The highest BCUT2D eigenvalue weighted by Gasteiger charge is 2.41. The van der Waals surface area contributed by atoms with Crippen LogP contribution in [-0.2, 0) is 6.42 Å². The third-order valence-electron chi connectivity index (χ3n) is 2.71. The first kappa shape index (κ1) is 10.8. The average Bonchev–Trinajstić information content (AvgIpc) is 2.90. The van der Waals surface area contributed by atoms with Crippen molar-refractivity contribution in [2.75, 3.05) is 6.26 Å². The Kier molecular flexibility index (Phi) is 2.64. The monoisotopic (exact) mass is 228 g/mol. The summed E-state index contributed by atoms with van der Waals surface area (Å²) in [6, 6.07) is 3.02. The Morgan fingerprint density at radius 1 is 1.47 bits per heavy atom. The summed E-state index contributed by atoms with van der Waals surface area (Å²) >= 11 is 1.18. The molecule has 1 aromatic rings. The summed E-state index contributed by atoms with van der Waals surface area (Å²) in [4.78, 5) is 0.261. The molecule has 15 heavy (non-hydrogen) atoms. The predicted molar refractivity (Wildman–Crippen MR) is 57.7 cm³/mol. The number of hydrogen-bond acceptors (Lipinski definition) is 3. The van der Waals surface area contributed by atoms with Crippen LogP contribution in [0.5, 0.6) is 5.75 Å². The standard InChI is InChI=1S/C11H13FO2S/c1-15-10-8(13)3-2-7(9(10)12)6-11(14)4-5-11/h2-3,13-14H,4-6H2,1H3. The molecule has 0 aromatic heterocycles. The van der Waals surface area contributed by atoms with Gasteiger partial charge in [0.1, 0.15) is 11.6 Å². The molecule has 1 aromatic carbocycles. The molecule has 0 bridgehead atoms. The first-order valence-electron chi connectivity index (χ1n) is 4.82. The summed E-state index contributed by atoms with van der Waals surface area (Å²) in [6.45, 7) is 0. The van der Waals surface area contributed by atoms with E-state index in [1.54, 1.807) is 12.3 Å². The smallest absolute Gasteiger partial charge is 0.143 e. The van der Waals surface area contributed by atoms with Gasteiger partial charge in [-0.25, -0.2) is 4.39 Å². The summed E-state index contributed by atoms with van der Waals surface area (Å²) in [6.07, 6.45) is 3.53. The molecule has 1 fully saturated rings. The Labute approximate surface area is 92.1 Å². The molecule has 2 N–H and O–H groups in total. The van der Waals surface area contributed by atoms with Gasteiger partial charge < -0.3 is 10.2 Å². The third-order valence-corrected chi connectivity index (χ3v) is 3.50. The van der Waals surface area contributed by atoms with Crippen LogP contribution in [0.3, 0.4) is 0 Å². The van der Waals surface area contributed by atoms with Crippen molar-refractivity contribution in [1.29, 1.82) is 0 Å². The zero-order chi connectivity index (χ0) is 11.1. The topological polar surface area (TPSA) is 40.5 Å². The first-order valence-corrected chi connectivity index (χ1v) is 6.05. The van der Waals surface area contributed by atoms with Crippen LogP contribution < -0.4 is 0 Å². The summed E-state index contributed by atoms with van der Waals surface area (Å²) in [5, 5.41) is 19.1. The van der Waals surface area contributed by atoms with Crippen molar-refractivity contribution in [3.05, 3.63) is 23.5 Å². The minimum Gasteiger partial charge on any atom is -0.507 e. The number of rotatable bonds is 3. The molecule has 4 heteroatoms. The van der Waals surface area contributed by atoms with Gasteiger partial charge in [0.25, 0.3) is 0 Å². The molecule has 1 saturated carbocycles. The second-order valence-electron chi connectivity index (χ2n) is 3.99. The Hall–Kier alpha value is -0.740. The molecular weight excluding hydrogens is 215 g/mol. The molecule has 0 amide bonds. The Morgan fingerprint density at radius 3 is 2.67 bits per heavy atom. The minimum absolute atomic E-state index is 0.0356. The second-order valence-corrected chi connectivity index (χ2v) is 4.81. The lowest BCUT2D eigenvalue weighted by atomic mass is 10.1. The van der Waals surface area contributed by atoms with Gasteiger partial charge in [-0.3, -0.25) is 0 Å². The molecule has 0 atom stereocenters. The Balaban J connectivity index is 2.31. The van der Waals surface area contributed by atoms with E-state index >= 15 is 0 Å². The van der Waals surface area contributed by atoms with Gasteiger partial charge in [0, 0.05) is 6.42 Å². The summed E-state index contributed by atoms with van der Waals surface area (Å²) in [7, 11) is 0. The second kappa shape index (κ2) is 3.68. The van der Waals surface area contributed by atoms with E-state index in [1.807, 2.05) is 0 Å². The number of phenols is 1. The van der Waals surface area contributed by atoms with Crippen molar-refractivity contribution >= 4 is 11.8 Å². The largest absolute Gasteiger partial charge is 0.507 e. The third kappa shape index (κ3) is 2.11. The van der Waals surface area contributed by atoms with Crippen LogP contribution in [0.2, 0.25) is 0 Å². The normalized spacial score (nSPS) is 17.8. The highest BCUT2D eigenvalue weighted by Crippen LogP contribution is 2.40. The van der Waals surface area contributed by atoms with E-state index in [-0.39, 0.29) is 10.6 Å². The van der Waals surface area contributed by atoms with Gasteiger partial charge in [-0.15, -0.1) is 11.8 Å². The van der Waals surface area contributed by atoms with Gasteiger partial charge >= 0.3 is 0 Å². The van der Waals surface area contributed by atoms with Gasteiger partial charge in [0.2, 0.25) is 0 Å². The van der Waals surface area contributed by atoms with Crippen LogP contribution in [-0.4, -0.2) is 22.1 Å². The van der Waals surface area contributed by atoms with E-state index in [0.717, 1.165) is 12.8 Å². The number of aliphatic hydroxyl groups is 1. The van der Waals surface area contributed by atoms with E-state index in [2.05, 4.69) is 0 Å². The fourth-order valence-electron chi connectivity index (χ4n) is 1.59. The minimum atomic E-state index is -0.701. The number of phenolic OH excluding ortho intramolecular Hbond substituents is 1. The molecular formula is C11H13FO2S. The van der Waals surface area contributed by atoms with E-state index in [4.69, 9.17) is 0 Å². The Bertz CT molecular complexity index is 388. The first-order chi connectivity index (χ1) is 7.06. The van der Waals surface area contributed by atoms with Gasteiger partial charge in [-0.05, 0) is 30.7 Å². The van der Waals surface area contributed by atoms with Gasteiger partial charge in [-0.2, -0.15) is 0 Å². The quantitative estimate of drug-likeness (QED) is 0.780. The van der Waals surface area contributed by atoms with Crippen molar-refractivity contribution in [3.8, 4) is 5.75 Å². The average molecular weight is 228 g/mol. The molecule has 82 valence electrons. The number of halogens is 1. The number of thioether (sulfide) groups is 1. The number of benzene rings is 1. The molecule has 0 saturated heterocycles.